The van der Waals surface area contributed by atoms with E-state index < -0.39 is 0 Å². The molecule has 3 heterocycles. The van der Waals surface area contributed by atoms with Gasteiger partial charge in [0.1, 0.15) is 5.00 Å². The van der Waals surface area contributed by atoms with E-state index in [4.69, 9.17) is 4.74 Å². The van der Waals surface area contributed by atoms with E-state index in [1.54, 1.807) is 11.3 Å². The molecule has 0 radical (unpaired) electrons. The van der Waals surface area contributed by atoms with E-state index >= 15 is 0 Å². The van der Waals surface area contributed by atoms with Gasteiger partial charge in [-0.15, -0.1) is 11.3 Å². The zero-order valence-corrected chi connectivity index (χ0v) is 15.8. The first-order chi connectivity index (χ1) is 12.7. The van der Waals surface area contributed by atoms with E-state index in [-0.39, 0.29) is 0 Å². The maximum Gasteiger partial charge on any atom is 0.108 e. The Hall–Kier alpha value is -2.55. The van der Waals surface area contributed by atoms with E-state index in [0.29, 0.717) is 0 Å². The first-order valence-electron chi connectivity index (χ1n) is 8.75. The van der Waals surface area contributed by atoms with Crippen LogP contribution in [0.4, 0.5) is 5.00 Å². The van der Waals surface area contributed by atoms with Gasteiger partial charge in [-0.25, -0.2) is 0 Å². The number of thiophene rings is 1. The normalized spacial score (nSPS) is 14.2. The minimum absolute atomic E-state index is 0.767. The predicted octanol–water partition coefficient (Wildman–Crippen LogP) is 3.69. The lowest BCUT2D eigenvalue weighted by Gasteiger charge is -2.27. The second kappa shape index (κ2) is 7.36. The third-order valence-electron chi connectivity index (χ3n) is 4.59. The number of hydrogen-bond donors (Lipinski definition) is 0. The predicted molar refractivity (Wildman–Crippen MR) is 107 cm³/mol. The molecule has 1 saturated heterocycles. The van der Waals surface area contributed by atoms with Crippen molar-refractivity contribution in [3.63, 3.8) is 0 Å². The molecule has 0 saturated carbocycles. The summed E-state index contributed by atoms with van der Waals surface area (Å²) in [5, 5.41) is 5.57. The molecule has 1 aliphatic heterocycles. The molecule has 0 bridgehead atoms. The van der Waals surface area contributed by atoms with Gasteiger partial charge < -0.3 is 9.64 Å². The number of nitrogens with zero attached hydrogens (tertiary/aromatic N) is 3. The summed E-state index contributed by atoms with van der Waals surface area (Å²) in [6.45, 7) is 5.51. The molecule has 4 rings (SSSR count). The first-order valence-corrected chi connectivity index (χ1v) is 9.57. The minimum atomic E-state index is 0.767. The lowest BCUT2D eigenvalue weighted by molar-refractivity contribution is 0.123. The Morgan fingerprint density at radius 1 is 1.08 bits per heavy atom. The molecule has 5 heteroatoms. The van der Waals surface area contributed by atoms with Crippen molar-refractivity contribution in [1.29, 1.82) is 0 Å². The third kappa shape index (κ3) is 3.26. The average molecular weight is 363 g/mol. The number of aryl methyl sites for hydroxylation is 1. The molecular formula is C21H21N3OS. The van der Waals surface area contributed by atoms with Gasteiger partial charge in [0, 0.05) is 31.9 Å². The molecule has 0 amide bonds. The van der Waals surface area contributed by atoms with Crippen LogP contribution in [0.3, 0.4) is 0 Å². The van der Waals surface area contributed by atoms with Gasteiger partial charge in [-0.3, -0.25) is 4.68 Å². The van der Waals surface area contributed by atoms with Gasteiger partial charge in [-0.1, -0.05) is 30.0 Å². The highest BCUT2D eigenvalue weighted by molar-refractivity contribution is 7.19. The molecule has 1 fully saturated rings. The van der Waals surface area contributed by atoms with Crippen LogP contribution in [0.2, 0.25) is 0 Å². The molecule has 3 aromatic rings. The highest BCUT2D eigenvalue weighted by Crippen LogP contribution is 2.41. The fraction of sp³-hybridized carbons (Fsp3) is 0.286. The maximum absolute atomic E-state index is 5.53. The first kappa shape index (κ1) is 16.9. The SMILES string of the molecule is Cc1c(-c2ccnn2C)sc(N2CCOCC2)c1C#Cc1ccccc1. The van der Waals surface area contributed by atoms with Crippen LogP contribution in [-0.4, -0.2) is 36.1 Å². The molecule has 132 valence electrons. The topological polar surface area (TPSA) is 30.3 Å². The fourth-order valence-electron chi connectivity index (χ4n) is 3.13. The standard InChI is InChI=1S/C21H21N3OS/c1-16-18(9-8-17-6-4-3-5-7-17)21(24-12-14-25-15-13-24)26-20(16)19-10-11-22-23(19)2/h3-7,10-11H,12-15H2,1-2H3. The molecule has 2 aromatic heterocycles. The summed E-state index contributed by atoms with van der Waals surface area (Å²) in [5.41, 5.74) is 4.52. The number of benzene rings is 1. The van der Waals surface area contributed by atoms with Crippen molar-refractivity contribution in [2.24, 2.45) is 7.05 Å². The zero-order valence-electron chi connectivity index (χ0n) is 15.0. The van der Waals surface area contributed by atoms with E-state index in [0.717, 1.165) is 43.1 Å². The van der Waals surface area contributed by atoms with Crippen molar-refractivity contribution in [2.75, 3.05) is 31.2 Å². The Bertz CT molecular complexity index is 956. The van der Waals surface area contributed by atoms with Gasteiger partial charge in [0.15, 0.2) is 0 Å². The van der Waals surface area contributed by atoms with Crippen molar-refractivity contribution in [3.05, 3.63) is 59.3 Å². The van der Waals surface area contributed by atoms with E-state index in [2.05, 4.69) is 34.8 Å². The van der Waals surface area contributed by atoms with Crippen molar-refractivity contribution in [1.82, 2.24) is 9.78 Å². The highest BCUT2D eigenvalue weighted by atomic mass is 32.1. The van der Waals surface area contributed by atoms with Crippen LogP contribution in [-0.2, 0) is 11.8 Å². The van der Waals surface area contributed by atoms with Gasteiger partial charge in [-0.05, 0) is 30.7 Å². The van der Waals surface area contributed by atoms with Crippen molar-refractivity contribution < 1.29 is 4.74 Å². The summed E-state index contributed by atoms with van der Waals surface area (Å²) in [4.78, 5) is 3.64. The van der Waals surface area contributed by atoms with Crippen LogP contribution < -0.4 is 4.90 Å². The second-order valence-electron chi connectivity index (χ2n) is 6.29. The Balaban J connectivity index is 1.81. The highest BCUT2D eigenvalue weighted by Gasteiger charge is 2.22. The van der Waals surface area contributed by atoms with Crippen LogP contribution in [0, 0.1) is 18.8 Å². The van der Waals surface area contributed by atoms with Gasteiger partial charge >= 0.3 is 0 Å². The second-order valence-corrected chi connectivity index (χ2v) is 7.29. The lowest BCUT2D eigenvalue weighted by Crippen LogP contribution is -2.36. The third-order valence-corrected chi connectivity index (χ3v) is 5.96. The number of hydrogen-bond acceptors (Lipinski definition) is 4. The Morgan fingerprint density at radius 3 is 2.54 bits per heavy atom. The van der Waals surface area contributed by atoms with Crippen LogP contribution in [0.25, 0.3) is 10.6 Å². The Morgan fingerprint density at radius 2 is 1.85 bits per heavy atom. The van der Waals surface area contributed by atoms with Crippen LogP contribution >= 0.6 is 11.3 Å². The van der Waals surface area contributed by atoms with Crippen molar-refractivity contribution >= 4 is 16.3 Å². The summed E-state index contributed by atoms with van der Waals surface area (Å²) in [7, 11) is 1.98. The molecule has 0 N–H and O–H groups in total. The molecular weight excluding hydrogens is 342 g/mol. The lowest BCUT2D eigenvalue weighted by atomic mass is 10.1. The monoisotopic (exact) mass is 363 g/mol. The van der Waals surface area contributed by atoms with Crippen molar-refractivity contribution in [2.45, 2.75) is 6.92 Å². The van der Waals surface area contributed by atoms with E-state index in [1.807, 2.05) is 48.3 Å². The molecule has 0 atom stereocenters. The zero-order chi connectivity index (χ0) is 17.9. The molecule has 1 aliphatic rings. The Labute approximate surface area is 158 Å². The molecule has 4 nitrogen and oxygen atoms in total. The maximum atomic E-state index is 5.53. The summed E-state index contributed by atoms with van der Waals surface area (Å²) >= 11 is 1.81. The van der Waals surface area contributed by atoms with E-state index in [9.17, 15) is 0 Å². The van der Waals surface area contributed by atoms with Gasteiger partial charge in [0.05, 0.1) is 29.3 Å². The number of aromatic nitrogens is 2. The van der Waals surface area contributed by atoms with E-state index in [1.165, 1.54) is 15.4 Å². The fourth-order valence-corrected chi connectivity index (χ4v) is 4.50. The molecule has 0 unspecified atom stereocenters. The van der Waals surface area contributed by atoms with Gasteiger partial charge in [-0.2, -0.15) is 5.10 Å². The molecule has 0 aliphatic carbocycles. The smallest absolute Gasteiger partial charge is 0.108 e. The molecule has 1 aromatic carbocycles. The number of rotatable bonds is 2. The van der Waals surface area contributed by atoms with Crippen LogP contribution in [0.5, 0.6) is 0 Å². The Kier molecular flexibility index (Phi) is 4.79. The molecule has 0 spiro atoms. The summed E-state index contributed by atoms with van der Waals surface area (Å²) in [5.74, 6) is 6.78. The number of anilines is 1. The number of ether oxygens (including phenoxy) is 1. The number of morpholine rings is 1. The summed E-state index contributed by atoms with van der Waals surface area (Å²) < 4.78 is 7.46. The van der Waals surface area contributed by atoms with Crippen LogP contribution in [0.15, 0.2) is 42.6 Å². The van der Waals surface area contributed by atoms with Crippen molar-refractivity contribution in [3.8, 4) is 22.4 Å². The average Bonchev–Trinajstić information content (AvgIpc) is 3.24. The summed E-state index contributed by atoms with van der Waals surface area (Å²) in [6, 6.07) is 12.2. The van der Waals surface area contributed by atoms with Gasteiger partial charge in [0.2, 0.25) is 0 Å². The molecule has 26 heavy (non-hydrogen) atoms. The largest absolute Gasteiger partial charge is 0.378 e. The van der Waals surface area contributed by atoms with Crippen LogP contribution in [0.1, 0.15) is 16.7 Å². The summed E-state index contributed by atoms with van der Waals surface area (Å²) in [6.07, 6.45) is 1.85. The minimum Gasteiger partial charge on any atom is -0.378 e. The quantitative estimate of drug-likeness (QED) is 0.651. The van der Waals surface area contributed by atoms with Gasteiger partial charge in [0.25, 0.3) is 0 Å².